The number of likely N-dealkylation sites (tertiary alicyclic amines) is 1. The summed E-state index contributed by atoms with van der Waals surface area (Å²) in [5.74, 6) is 1.49. The van der Waals surface area contributed by atoms with E-state index in [0.717, 1.165) is 36.9 Å². The number of methoxy groups -OCH3 is 2. The van der Waals surface area contributed by atoms with Crippen molar-refractivity contribution in [3.63, 3.8) is 0 Å². The number of nitrogens with zero attached hydrogens (tertiary/aromatic N) is 2. The molecule has 1 saturated carbocycles. The second kappa shape index (κ2) is 10.1. The number of carbonyl (C=O) groups excluding carboxylic acids is 2. The number of piperidine rings is 1. The molecule has 33 heavy (non-hydrogen) atoms. The molecule has 1 aromatic heterocycles. The molecule has 0 bridgehead atoms. The predicted octanol–water partition coefficient (Wildman–Crippen LogP) is 3.10. The fourth-order valence-electron chi connectivity index (χ4n) is 4.66. The Labute approximate surface area is 194 Å². The minimum Gasteiger partial charge on any atom is -0.493 e. The smallest absolute Gasteiger partial charge is 0.246 e. The van der Waals surface area contributed by atoms with E-state index in [0.29, 0.717) is 31.1 Å². The Balaban J connectivity index is 1.23. The van der Waals surface area contributed by atoms with Crippen molar-refractivity contribution in [2.24, 2.45) is 11.3 Å². The summed E-state index contributed by atoms with van der Waals surface area (Å²) in [4.78, 5) is 31.4. The van der Waals surface area contributed by atoms with Crippen molar-refractivity contribution in [2.45, 2.75) is 25.7 Å². The zero-order valence-corrected chi connectivity index (χ0v) is 19.3. The molecule has 0 radical (unpaired) electrons. The summed E-state index contributed by atoms with van der Waals surface area (Å²) >= 11 is 0. The number of nitrogens with one attached hydrogen (secondary N) is 1. The van der Waals surface area contributed by atoms with Gasteiger partial charge in [-0.15, -0.1) is 0 Å². The number of amides is 2. The van der Waals surface area contributed by atoms with Gasteiger partial charge in [-0.1, -0.05) is 12.1 Å². The lowest BCUT2D eigenvalue weighted by molar-refractivity contribution is -0.127. The third-order valence-corrected chi connectivity index (χ3v) is 6.81. The van der Waals surface area contributed by atoms with Gasteiger partial charge in [0.2, 0.25) is 11.8 Å². The van der Waals surface area contributed by atoms with Gasteiger partial charge in [-0.2, -0.15) is 0 Å². The summed E-state index contributed by atoms with van der Waals surface area (Å²) in [6.45, 7) is 1.98. The van der Waals surface area contributed by atoms with Gasteiger partial charge < -0.3 is 19.7 Å². The first-order valence-corrected chi connectivity index (χ1v) is 11.4. The van der Waals surface area contributed by atoms with E-state index in [-0.39, 0.29) is 23.1 Å². The molecule has 1 aliphatic carbocycles. The molecule has 2 heterocycles. The largest absolute Gasteiger partial charge is 0.493 e. The number of carbonyl (C=O) groups is 2. The SMILES string of the molecule is COc1ccc(/C=C/C(=O)N2CCC3(CC2)C[C@H]3C(=O)NCCc2ccccn2)cc1OC. The quantitative estimate of drug-likeness (QED) is 0.627. The number of hydrogen-bond acceptors (Lipinski definition) is 5. The molecule has 1 atom stereocenters. The number of hydrogen-bond donors (Lipinski definition) is 1. The summed E-state index contributed by atoms with van der Waals surface area (Å²) < 4.78 is 10.6. The Morgan fingerprint density at radius 3 is 2.64 bits per heavy atom. The number of aromatic nitrogens is 1. The molecule has 1 N–H and O–H groups in total. The third-order valence-electron chi connectivity index (χ3n) is 6.81. The highest BCUT2D eigenvalue weighted by molar-refractivity contribution is 5.92. The van der Waals surface area contributed by atoms with Gasteiger partial charge in [0.25, 0.3) is 0 Å². The van der Waals surface area contributed by atoms with Gasteiger partial charge in [-0.05, 0) is 60.6 Å². The van der Waals surface area contributed by atoms with Gasteiger partial charge in [0.15, 0.2) is 11.5 Å². The van der Waals surface area contributed by atoms with E-state index in [4.69, 9.17) is 9.47 Å². The Bertz CT molecular complexity index is 1010. The van der Waals surface area contributed by atoms with Gasteiger partial charge >= 0.3 is 0 Å². The van der Waals surface area contributed by atoms with Crippen LogP contribution in [-0.4, -0.2) is 55.6 Å². The van der Waals surface area contributed by atoms with Crippen LogP contribution in [0.4, 0.5) is 0 Å². The van der Waals surface area contributed by atoms with E-state index in [1.165, 1.54) is 0 Å². The van der Waals surface area contributed by atoms with Crippen LogP contribution in [0.2, 0.25) is 0 Å². The Hall–Kier alpha value is -3.35. The second-order valence-corrected chi connectivity index (χ2v) is 8.75. The van der Waals surface area contributed by atoms with E-state index in [2.05, 4.69) is 10.3 Å². The molecule has 2 amide bonds. The van der Waals surface area contributed by atoms with Crippen molar-refractivity contribution < 1.29 is 19.1 Å². The predicted molar refractivity (Wildman–Crippen MR) is 126 cm³/mol. The zero-order valence-electron chi connectivity index (χ0n) is 19.3. The Morgan fingerprint density at radius 2 is 1.94 bits per heavy atom. The molecule has 1 aliphatic heterocycles. The van der Waals surface area contributed by atoms with Crippen LogP contribution in [0, 0.1) is 11.3 Å². The van der Waals surface area contributed by atoms with Crippen LogP contribution in [0.15, 0.2) is 48.7 Å². The normalized spacial score (nSPS) is 18.8. The summed E-state index contributed by atoms with van der Waals surface area (Å²) in [6, 6.07) is 11.4. The molecule has 2 fully saturated rings. The summed E-state index contributed by atoms with van der Waals surface area (Å²) in [6.07, 6.45) is 8.58. The van der Waals surface area contributed by atoms with E-state index in [9.17, 15) is 9.59 Å². The highest BCUT2D eigenvalue weighted by Crippen LogP contribution is 2.59. The van der Waals surface area contributed by atoms with Crippen LogP contribution >= 0.6 is 0 Å². The van der Waals surface area contributed by atoms with Crippen molar-refractivity contribution in [3.8, 4) is 11.5 Å². The van der Waals surface area contributed by atoms with Crippen LogP contribution in [0.3, 0.4) is 0 Å². The number of benzene rings is 1. The van der Waals surface area contributed by atoms with Crippen molar-refractivity contribution in [1.29, 1.82) is 0 Å². The first kappa shape index (κ1) is 22.8. The molecule has 7 nitrogen and oxygen atoms in total. The Kier molecular flexibility index (Phi) is 6.96. The highest BCUT2D eigenvalue weighted by atomic mass is 16.5. The molecule has 1 saturated heterocycles. The van der Waals surface area contributed by atoms with Gasteiger partial charge in [-0.25, -0.2) is 0 Å². The first-order valence-electron chi connectivity index (χ1n) is 11.4. The van der Waals surface area contributed by atoms with E-state index in [1.54, 1.807) is 32.6 Å². The van der Waals surface area contributed by atoms with Gasteiger partial charge in [0, 0.05) is 49.9 Å². The maximum Gasteiger partial charge on any atom is 0.246 e. The molecule has 4 rings (SSSR count). The van der Waals surface area contributed by atoms with Crippen molar-refractivity contribution in [3.05, 3.63) is 59.9 Å². The molecule has 2 aliphatic rings. The number of ether oxygens (including phenoxy) is 2. The fourth-order valence-corrected chi connectivity index (χ4v) is 4.66. The summed E-state index contributed by atoms with van der Waals surface area (Å²) in [5.41, 5.74) is 1.93. The Morgan fingerprint density at radius 1 is 1.15 bits per heavy atom. The molecular formula is C26H31N3O4. The van der Waals surface area contributed by atoms with Crippen molar-refractivity contribution in [2.75, 3.05) is 33.9 Å². The van der Waals surface area contributed by atoms with Crippen LogP contribution in [0.1, 0.15) is 30.5 Å². The lowest BCUT2D eigenvalue weighted by Crippen LogP contribution is -2.40. The standard InChI is InChI=1S/C26H31N3O4/c1-32-22-8-6-19(17-23(22)33-2)7-9-24(30)29-15-11-26(12-16-29)18-21(26)25(31)28-14-10-20-5-3-4-13-27-20/h3-9,13,17,21H,10-12,14-16,18H2,1-2H3,(H,28,31)/b9-7+/t21-/m0/s1. The molecule has 174 valence electrons. The fraction of sp³-hybridized carbons (Fsp3) is 0.423. The van der Waals surface area contributed by atoms with Crippen molar-refractivity contribution >= 4 is 17.9 Å². The van der Waals surface area contributed by atoms with E-state index in [1.807, 2.05) is 41.3 Å². The maximum absolute atomic E-state index is 12.7. The van der Waals surface area contributed by atoms with E-state index < -0.39 is 0 Å². The molecule has 0 unspecified atom stereocenters. The average Bonchev–Trinajstić information content (AvgIpc) is 3.56. The summed E-state index contributed by atoms with van der Waals surface area (Å²) in [7, 11) is 3.18. The average molecular weight is 450 g/mol. The topological polar surface area (TPSA) is 80.8 Å². The minimum absolute atomic E-state index is 0.00310. The van der Waals surface area contributed by atoms with E-state index >= 15 is 0 Å². The maximum atomic E-state index is 12.7. The molecule has 1 aromatic carbocycles. The van der Waals surface area contributed by atoms with Crippen LogP contribution in [0.25, 0.3) is 6.08 Å². The monoisotopic (exact) mass is 449 g/mol. The lowest BCUT2D eigenvalue weighted by atomic mass is 9.90. The van der Waals surface area contributed by atoms with Gasteiger partial charge in [0.1, 0.15) is 0 Å². The van der Waals surface area contributed by atoms with Crippen LogP contribution < -0.4 is 14.8 Å². The van der Waals surface area contributed by atoms with Gasteiger partial charge in [0.05, 0.1) is 14.2 Å². The molecule has 2 aromatic rings. The zero-order chi connectivity index (χ0) is 23.3. The summed E-state index contributed by atoms with van der Waals surface area (Å²) in [5, 5.41) is 3.06. The highest BCUT2D eigenvalue weighted by Gasteiger charge is 2.58. The number of rotatable bonds is 8. The van der Waals surface area contributed by atoms with Gasteiger partial charge in [-0.3, -0.25) is 14.6 Å². The molecule has 1 spiro atoms. The van der Waals surface area contributed by atoms with Crippen molar-refractivity contribution in [1.82, 2.24) is 15.2 Å². The second-order valence-electron chi connectivity index (χ2n) is 8.75. The number of pyridine rings is 1. The minimum atomic E-state index is -0.00310. The molecular weight excluding hydrogens is 418 g/mol. The molecule has 7 heteroatoms. The van der Waals surface area contributed by atoms with Crippen LogP contribution in [-0.2, 0) is 16.0 Å². The lowest BCUT2D eigenvalue weighted by Gasteiger charge is -2.32. The first-order chi connectivity index (χ1) is 16.0. The third kappa shape index (κ3) is 5.35. The van der Waals surface area contributed by atoms with Crippen LogP contribution in [0.5, 0.6) is 11.5 Å².